The number of carboxylic acids is 1. The number of carbonyl (C=O) groups is 3. The number of esters is 1. The molecule has 121 valence electrons. The van der Waals surface area contributed by atoms with Gasteiger partial charge in [0.2, 0.25) is 23.9 Å². The molecule has 0 bridgehead atoms. The molecule has 1 aliphatic rings. The van der Waals surface area contributed by atoms with Gasteiger partial charge in [0.05, 0.1) is 13.5 Å². The number of rotatable bonds is 7. The van der Waals surface area contributed by atoms with Gasteiger partial charge in [0.1, 0.15) is 6.42 Å². The molecular weight excluding hydrogens is 310 g/mol. The number of aliphatic carboxylic acids is 1. The zero-order chi connectivity index (χ0) is 16.9. The predicted octanol–water partition coefficient (Wildman–Crippen LogP) is -0.305. The lowest BCUT2D eigenvalue weighted by molar-refractivity contribution is -0.141. The van der Waals surface area contributed by atoms with Crippen molar-refractivity contribution in [1.29, 1.82) is 0 Å². The Morgan fingerprint density at radius 3 is 2.74 bits per heavy atom. The zero-order valence-electron chi connectivity index (χ0n) is 11.9. The second-order valence-corrected chi connectivity index (χ2v) is 4.45. The first-order valence-electron chi connectivity index (χ1n) is 6.35. The molecule has 1 aromatic rings. The fourth-order valence-electron chi connectivity index (χ4n) is 1.71. The van der Waals surface area contributed by atoms with Crippen molar-refractivity contribution in [2.45, 2.75) is 24.9 Å². The van der Waals surface area contributed by atoms with Gasteiger partial charge in [-0.25, -0.2) is 4.99 Å². The molecule has 3 N–H and O–H groups in total. The van der Waals surface area contributed by atoms with Crippen LogP contribution in [0.4, 0.5) is 5.95 Å². The van der Waals surface area contributed by atoms with Crippen LogP contribution in [0.1, 0.15) is 25.1 Å². The second-order valence-electron chi connectivity index (χ2n) is 4.45. The summed E-state index contributed by atoms with van der Waals surface area (Å²) < 4.78 is 4.42. The Hall–Kier alpha value is -3.18. The summed E-state index contributed by atoms with van der Waals surface area (Å²) in [6.45, 7) is 0. The van der Waals surface area contributed by atoms with Crippen LogP contribution in [0, 0.1) is 0 Å². The van der Waals surface area contributed by atoms with Crippen LogP contribution < -0.4 is 5.32 Å². The zero-order valence-corrected chi connectivity index (χ0v) is 11.9. The number of ether oxygens (including phenoxy) is 1. The van der Waals surface area contributed by atoms with Crippen molar-refractivity contribution < 1.29 is 24.2 Å². The summed E-state index contributed by atoms with van der Waals surface area (Å²) in [6.07, 6.45) is 1.51. The topological polar surface area (TPSA) is 171 Å². The van der Waals surface area contributed by atoms with Crippen molar-refractivity contribution in [3.05, 3.63) is 5.82 Å². The third kappa shape index (κ3) is 3.93. The maximum Gasteiger partial charge on any atom is 0.308 e. The standard InChI is InChI=1S/C11H12N7O5/c1-23-8(22)3-2-6(19)14-10-15-9(16-17-10)11(4-7(20)21)12-5-13-18-11/h2-4H2,1H3,(H,20,21)(H2,14,15,16,17,19). The molecule has 0 aromatic carbocycles. The number of aromatic nitrogens is 3. The number of azo groups is 1. The summed E-state index contributed by atoms with van der Waals surface area (Å²) >= 11 is 0. The van der Waals surface area contributed by atoms with E-state index < -0.39 is 29.9 Å². The maximum atomic E-state index is 11.6. The molecule has 1 radical (unpaired) electrons. The van der Waals surface area contributed by atoms with E-state index in [-0.39, 0.29) is 24.6 Å². The number of hydrogen-bond acceptors (Lipinski definition) is 9. The van der Waals surface area contributed by atoms with Crippen LogP contribution in [0.15, 0.2) is 15.2 Å². The van der Waals surface area contributed by atoms with E-state index in [1.54, 1.807) is 0 Å². The minimum absolute atomic E-state index is 0.00285. The molecule has 1 aliphatic heterocycles. The minimum atomic E-state index is -1.58. The monoisotopic (exact) mass is 322 g/mol. The van der Waals surface area contributed by atoms with Crippen LogP contribution >= 0.6 is 0 Å². The Balaban J connectivity index is 2.04. The average Bonchev–Trinajstić information content (AvgIpc) is 3.14. The summed E-state index contributed by atoms with van der Waals surface area (Å²) in [6, 6.07) is 0. The van der Waals surface area contributed by atoms with Crippen molar-refractivity contribution in [3.63, 3.8) is 0 Å². The van der Waals surface area contributed by atoms with Gasteiger partial charge in [-0.3, -0.25) is 19.7 Å². The highest BCUT2D eigenvalue weighted by Gasteiger charge is 2.40. The molecule has 1 atom stereocenters. The highest BCUT2D eigenvalue weighted by molar-refractivity contribution is 5.91. The summed E-state index contributed by atoms with van der Waals surface area (Å²) in [5.41, 5.74) is -1.58. The molecule has 1 amide bonds. The smallest absolute Gasteiger partial charge is 0.308 e. The van der Waals surface area contributed by atoms with Gasteiger partial charge < -0.3 is 14.8 Å². The Bertz CT molecular complexity index is 668. The second kappa shape index (κ2) is 6.72. The molecule has 0 fully saturated rings. The van der Waals surface area contributed by atoms with Gasteiger partial charge in [0, 0.05) is 6.42 Å². The summed E-state index contributed by atoms with van der Waals surface area (Å²) in [5.74, 6) is -2.21. The number of aromatic amines is 1. The van der Waals surface area contributed by atoms with Crippen LogP contribution in [0.3, 0.4) is 0 Å². The Morgan fingerprint density at radius 2 is 2.13 bits per heavy atom. The summed E-state index contributed by atoms with van der Waals surface area (Å²) in [5, 5.41) is 25.8. The first-order chi connectivity index (χ1) is 10.9. The van der Waals surface area contributed by atoms with Gasteiger partial charge in [-0.05, 0) is 0 Å². The third-order valence-electron chi connectivity index (χ3n) is 2.80. The average molecular weight is 322 g/mol. The number of carboxylic acid groups (broad SMARTS) is 1. The van der Waals surface area contributed by atoms with E-state index in [1.165, 1.54) is 7.11 Å². The lowest BCUT2D eigenvalue weighted by Crippen LogP contribution is -2.25. The van der Waals surface area contributed by atoms with Gasteiger partial charge in [0.15, 0.2) is 5.82 Å². The third-order valence-corrected chi connectivity index (χ3v) is 2.80. The van der Waals surface area contributed by atoms with Crippen molar-refractivity contribution >= 4 is 30.1 Å². The van der Waals surface area contributed by atoms with Crippen molar-refractivity contribution in [1.82, 2.24) is 15.2 Å². The number of methoxy groups -OCH3 is 1. The minimum Gasteiger partial charge on any atom is -0.481 e. The lowest BCUT2D eigenvalue weighted by atomic mass is 10.1. The first-order valence-corrected chi connectivity index (χ1v) is 6.35. The number of anilines is 1. The molecule has 23 heavy (non-hydrogen) atoms. The van der Waals surface area contributed by atoms with Gasteiger partial charge in [-0.2, -0.15) is 0 Å². The Labute approximate surface area is 129 Å². The van der Waals surface area contributed by atoms with Gasteiger partial charge in [-0.15, -0.1) is 20.4 Å². The number of amides is 1. The molecule has 2 rings (SSSR count). The fraction of sp³-hybridized carbons (Fsp3) is 0.455. The Morgan fingerprint density at radius 1 is 1.35 bits per heavy atom. The molecule has 0 saturated heterocycles. The van der Waals surface area contributed by atoms with Crippen LogP contribution in [-0.4, -0.2) is 51.6 Å². The fourth-order valence-corrected chi connectivity index (χ4v) is 1.71. The summed E-state index contributed by atoms with van der Waals surface area (Å²) in [4.78, 5) is 39.9. The molecule has 12 heteroatoms. The van der Waals surface area contributed by atoms with E-state index in [9.17, 15) is 14.4 Å². The molecule has 2 heterocycles. The van der Waals surface area contributed by atoms with E-state index in [0.29, 0.717) is 0 Å². The van der Waals surface area contributed by atoms with Gasteiger partial charge in [-0.1, -0.05) is 0 Å². The van der Waals surface area contributed by atoms with E-state index in [2.05, 4.69) is 46.8 Å². The number of nitrogens with one attached hydrogen (secondary N) is 2. The quantitative estimate of drug-likeness (QED) is 0.578. The SMILES string of the molecule is COC(=O)CCC(=O)Nc1nnc(C2(CC(=O)O)N=[C]N=N2)[nH]1. The number of hydrogen-bond donors (Lipinski definition) is 3. The molecule has 1 aromatic heterocycles. The van der Waals surface area contributed by atoms with Gasteiger partial charge >= 0.3 is 11.9 Å². The van der Waals surface area contributed by atoms with E-state index >= 15 is 0 Å². The van der Waals surface area contributed by atoms with Crippen molar-refractivity contribution in [2.24, 2.45) is 15.2 Å². The normalized spacial score (nSPS) is 18.8. The molecule has 0 spiro atoms. The predicted molar refractivity (Wildman–Crippen MR) is 72.5 cm³/mol. The highest BCUT2D eigenvalue weighted by Crippen LogP contribution is 2.32. The van der Waals surface area contributed by atoms with E-state index in [1.807, 2.05) is 0 Å². The van der Waals surface area contributed by atoms with Crippen LogP contribution in [0.2, 0.25) is 0 Å². The summed E-state index contributed by atoms with van der Waals surface area (Å²) in [7, 11) is 1.22. The van der Waals surface area contributed by atoms with Gasteiger partial charge in [0.25, 0.3) is 0 Å². The van der Waals surface area contributed by atoms with E-state index in [4.69, 9.17) is 5.11 Å². The molecule has 0 aliphatic carbocycles. The van der Waals surface area contributed by atoms with Crippen LogP contribution in [0.5, 0.6) is 0 Å². The van der Waals surface area contributed by atoms with Crippen LogP contribution in [0.25, 0.3) is 0 Å². The first kappa shape index (κ1) is 16.2. The Kier molecular flexibility index (Phi) is 4.73. The lowest BCUT2D eigenvalue weighted by Gasteiger charge is -2.14. The molecule has 1 unspecified atom stereocenters. The molecular formula is C11H12N7O5. The highest BCUT2D eigenvalue weighted by atomic mass is 16.5. The maximum absolute atomic E-state index is 11.6. The van der Waals surface area contributed by atoms with Crippen LogP contribution in [-0.2, 0) is 24.8 Å². The van der Waals surface area contributed by atoms with Crippen molar-refractivity contribution in [2.75, 3.05) is 12.4 Å². The number of H-pyrrole nitrogens is 1. The number of aliphatic imine (C=N–C) groups is 1. The molecule has 12 nitrogen and oxygen atoms in total. The number of nitrogens with zero attached hydrogens (tertiary/aromatic N) is 5. The van der Waals surface area contributed by atoms with Crippen molar-refractivity contribution in [3.8, 4) is 0 Å². The largest absolute Gasteiger partial charge is 0.481 e. The van der Waals surface area contributed by atoms with E-state index in [0.717, 1.165) is 0 Å². The number of carbonyl (C=O) groups excluding carboxylic acids is 2. The molecule has 0 saturated carbocycles.